The first-order valence-electron chi connectivity index (χ1n) is 6.53. The predicted octanol–water partition coefficient (Wildman–Crippen LogP) is 2.54. The van der Waals surface area contributed by atoms with Crippen LogP contribution in [0.15, 0.2) is 47.4 Å². The third kappa shape index (κ3) is 3.17. The molecular formula is C13H9F6NO5S. The summed E-state index contributed by atoms with van der Waals surface area (Å²) >= 11 is 0. The third-order valence-electron chi connectivity index (χ3n) is 3.20. The van der Waals surface area contributed by atoms with Gasteiger partial charge < -0.3 is 4.74 Å². The van der Waals surface area contributed by atoms with Crippen LogP contribution in [-0.4, -0.2) is 44.1 Å². The van der Waals surface area contributed by atoms with Gasteiger partial charge in [-0.2, -0.15) is 34.8 Å². The van der Waals surface area contributed by atoms with Crippen molar-refractivity contribution in [2.75, 3.05) is 6.61 Å². The second kappa shape index (κ2) is 6.25. The SMILES string of the molecule is C=C1COC(C(F)(F)F)(C(F)(F)F)N(OS(=O)(=O)c2ccccc2)C1=O. The first kappa shape index (κ1) is 20.2. The largest absolute Gasteiger partial charge is 0.449 e. The summed E-state index contributed by atoms with van der Waals surface area (Å²) in [6.45, 7) is 1.52. The maximum Gasteiger partial charge on any atom is 0.449 e. The minimum Gasteiger partial charge on any atom is -0.334 e. The summed E-state index contributed by atoms with van der Waals surface area (Å²) in [5.74, 6) is -2.04. The van der Waals surface area contributed by atoms with E-state index in [-0.39, 0.29) is 0 Å². The molecule has 1 aromatic carbocycles. The molecule has 13 heteroatoms. The van der Waals surface area contributed by atoms with Crippen LogP contribution in [0.25, 0.3) is 0 Å². The molecular weight excluding hydrogens is 396 g/mol. The highest BCUT2D eigenvalue weighted by Crippen LogP contribution is 2.50. The third-order valence-corrected chi connectivity index (χ3v) is 4.40. The fourth-order valence-corrected chi connectivity index (χ4v) is 2.91. The molecule has 0 aromatic heterocycles. The van der Waals surface area contributed by atoms with Crippen molar-refractivity contribution >= 4 is 16.0 Å². The molecule has 0 spiro atoms. The van der Waals surface area contributed by atoms with E-state index >= 15 is 0 Å². The Kier molecular flexibility index (Phi) is 4.85. The molecule has 1 saturated heterocycles. The van der Waals surface area contributed by atoms with Gasteiger partial charge in [0.05, 0.1) is 11.5 Å². The van der Waals surface area contributed by atoms with Gasteiger partial charge in [0.15, 0.2) is 0 Å². The first-order chi connectivity index (χ1) is 11.7. The van der Waals surface area contributed by atoms with Crippen molar-refractivity contribution in [3.63, 3.8) is 0 Å². The molecule has 1 heterocycles. The van der Waals surface area contributed by atoms with Crippen LogP contribution in [0.1, 0.15) is 0 Å². The number of hydroxylamine groups is 2. The lowest BCUT2D eigenvalue weighted by Crippen LogP contribution is -2.72. The molecule has 0 unspecified atom stereocenters. The summed E-state index contributed by atoms with van der Waals surface area (Å²) in [7, 11) is -5.22. The van der Waals surface area contributed by atoms with Crippen molar-refractivity contribution in [1.29, 1.82) is 0 Å². The van der Waals surface area contributed by atoms with Crippen LogP contribution >= 0.6 is 0 Å². The van der Waals surface area contributed by atoms with Gasteiger partial charge >= 0.3 is 28.2 Å². The number of carbonyl (C=O) groups excluding carboxylic acids is 1. The molecule has 1 aromatic rings. The van der Waals surface area contributed by atoms with E-state index in [4.69, 9.17) is 0 Å². The first-order valence-corrected chi connectivity index (χ1v) is 7.94. The van der Waals surface area contributed by atoms with Gasteiger partial charge in [0.1, 0.15) is 0 Å². The molecule has 1 amide bonds. The lowest BCUT2D eigenvalue weighted by Gasteiger charge is -2.45. The average molecular weight is 405 g/mol. The molecule has 0 radical (unpaired) electrons. The predicted molar refractivity (Wildman–Crippen MR) is 71.5 cm³/mol. The highest BCUT2D eigenvalue weighted by molar-refractivity contribution is 7.86. The zero-order valence-electron chi connectivity index (χ0n) is 12.5. The maximum atomic E-state index is 13.3. The Morgan fingerprint density at radius 2 is 1.58 bits per heavy atom. The number of rotatable bonds is 3. The van der Waals surface area contributed by atoms with Gasteiger partial charge in [0, 0.05) is 5.57 Å². The Morgan fingerprint density at radius 1 is 1.08 bits per heavy atom. The van der Waals surface area contributed by atoms with Crippen molar-refractivity contribution in [3.05, 3.63) is 42.5 Å². The molecule has 2 rings (SSSR count). The summed E-state index contributed by atoms with van der Waals surface area (Å²) in [4.78, 5) is 11.1. The Labute approximate surface area is 142 Å². The van der Waals surface area contributed by atoms with E-state index in [0.29, 0.717) is 0 Å². The normalized spacial score (nSPS) is 18.9. The summed E-state index contributed by atoms with van der Waals surface area (Å²) < 4.78 is 112. The molecule has 26 heavy (non-hydrogen) atoms. The van der Waals surface area contributed by atoms with E-state index in [1.165, 1.54) is 6.07 Å². The molecule has 0 bridgehead atoms. The van der Waals surface area contributed by atoms with Gasteiger partial charge in [-0.05, 0) is 12.1 Å². The smallest absolute Gasteiger partial charge is 0.334 e. The number of hydrogen-bond donors (Lipinski definition) is 0. The van der Waals surface area contributed by atoms with Crippen LogP contribution < -0.4 is 0 Å². The quantitative estimate of drug-likeness (QED) is 0.571. The van der Waals surface area contributed by atoms with Gasteiger partial charge in [-0.3, -0.25) is 4.79 Å². The Bertz CT molecular complexity index is 804. The Hall–Kier alpha value is -2.12. The minimum atomic E-state index is -6.27. The number of carbonyl (C=O) groups is 1. The van der Waals surface area contributed by atoms with Crippen LogP contribution in [0.4, 0.5) is 26.3 Å². The van der Waals surface area contributed by atoms with Crippen LogP contribution in [0, 0.1) is 0 Å². The van der Waals surface area contributed by atoms with Crippen LogP contribution in [0.2, 0.25) is 0 Å². The van der Waals surface area contributed by atoms with Gasteiger partial charge in [0.2, 0.25) is 0 Å². The zero-order valence-corrected chi connectivity index (χ0v) is 13.3. The highest BCUT2D eigenvalue weighted by atomic mass is 32.2. The lowest BCUT2D eigenvalue weighted by molar-refractivity contribution is -0.455. The topological polar surface area (TPSA) is 72.9 Å². The second-order valence-electron chi connectivity index (χ2n) is 4.97. The van der Waals surface area contributed by atoms with Gasteiger partial charge in [0.25, 0.3) is 5.91 Å². The molecule has 1 aliphatic heterocycles. The van der Waals surface area contributed by atoms with E-state index in [1.54, 1.807) is 0 Å². The van der Waals surface area contributed by atoms with Crippen LogP contribution in [0.3, 0.4) is 0 Å². The van der Waals surface area contributed by atoms with Gasteiger partial charge in [-0.25, -0.2) is 0 Å². The summed E-state index contributed by atoms with van der Waals surface area (Å²) in [6, 6.07) is 5.32. The van der Waals surface area contributed by atoms with Crippen molar-refractivity contribution in [2.45, 2.75) is 23.0 Å². The van der Waals surface area contributed by atoms with E-state index in [1.807, 2.05) is 0 Å². The maximum absolute atomic E-state index is 13.3. The standard InChI is InChI=1S/C13H9F6NO5S/c1-8-7-24-11(12(14,15)16,13(17,18)19)20(10(8)21)25-26(22,23)9-5-3-2-4-6-9/h2-6H,1,7H2. The molecule has 144 valence electrons. The van der Waals surface area contributed by atoms with Crippen LogP contribution in [0.5, 0.6) is 0 Å². The monoisotopic (exact) mass is 405 g/mol. The van der Waals surface area contributed by atoms with E-state index in [2.05, 4.69) is 15.6 Å². The summed E-state index contributed by atoms with van der Waals surface area (Å²) in [6.07, 6.45) is -12.5. The summed E-state index contributed by atoms with van der Waals surface area (Å²) in [5.41, 5.74) is -6.18. The number of benzene rings is 1. The number of halogens is 6. The molecule has 1 aliphatic rings. The number of ether oxygens (including phenoxy) is 1. The van der Waals surface area contributed by atoms with Crippen molar-refractivity contribution in [3.8, 4) is 0 Å². The van der Waals surface area contributed by atoms with E-state index in [9.17, 15) is 39.6 Å². The highest BCUT2D eigenvalue weighted by Gasteiger charge is 2.80. The summed E-state index contributed by atoms with van der Waals surface area (Å²) in [5, 5.41) is -1.39. The minimum absolute atomic E-state index is 0.776. The number of nitrogens with zero attached hydrogens (tertiary/aromatic N) is 1. The van der Waals surface area contributed by atoms with E-state index in [0.717, 1.165) is 24.3 Å². The van der Waals surface area contributed by atoms with Gasteiger partial charge in [-0.15, -0.1) is 9.35 Å². The Morgan fingerprint density at radius 3 is 2.04 bits per heavy atom. The molecule has 6 nitrogen and oxygen atoms in total. The fraction of sp³-hybridized carbons (Fsp3) is 0.308. The molecule has 1 fully saturated rings. The van der Waals surface area contributed by atoms with Crippen LogP contribution in [-0.2, 0) is 23.9 Å². The molecule has 0 saturated carbocycles. The number of amides is 1. The van der Waals surface area contributed by atoms with Crippen molar-refractivity contribution < 1.29 is 48.6 Å². The molecule has 0 aliphatic carbocycles. The number of hydrogen-bond acceptors (Lipinski definition) is 5. The average Bonchev–Trinajstić information content (AvgIpc) is 2.50. The van der Waals surface area contributed by atoms with E-state index < -0.39 is 56.2 Å². The Balaban J connectivity index is 2.62. The second-order valence-corrected chi connectivity index (χ2v) is 6.50. The zero-order chi connectivity index (χ0) is 20.0. The van der Waals surface area contributed by atoms with Gasteiger partial charge in [-0.1, -0.05) is 24.8 Å². The molecule has 0 atom stereocenters. The lowest BCUT2D eigenvalue weighted by atomic mass is 10.1. The number of alkyl halides is 6. The van der Waals surface area contributed by atoms with Crippen molar-refractivity contribution in [1.82, 2.24) is 5.06 Å². The molecule has 0 N–H and O–H groups in total. The fourth-order valence-electron chi connectivity index (χ4n) is 1.97. The van der Waals surface area contributed by atoms with Crippen molar-refractivity contribution in [2.24, 2.45) is 0 Å².